The molecule has 18 heavy (non-hydrogen) atoms. The number of nitrogens with zero attached hydrogens (tertiary/aromatic N) is 1. The van der Waals surface area contributed by atoms with Crippen molar-refractivity contribution in [2.75, 3.05) is 6.54 Å². The first-order valence-corrected chi connectivity index (χ1v) is 6.77. The maximum Gasteiger partial charge on any atom is 0.329 e. The summed E-state index contributed by atoms with van der Waals surface area (Å²) in [7, 11) is 0. The first-order valence-electron chi connectivity index (χ1n) is 6.77. The van der Waals surface area contributed by atoms with Gasteiger partial charge in [-0.3, -0.25) is 0 Å². The summed E-state index contributed by atoms with van der Waals surface area (Å²) in [5.74, 6) is -0.499. The van der Waals surface area contributed by atoms with Gasteiger partial charge in [0.25, 0.3) is 0 Å². The summed E-state index contributed by atoms with van der Waals surface area (Å²) in [6.07, 6.45) is 4.06. The predicted molar refractivity (Wildman–Crippen MR) is 67.3 cm³/mol. The zero-order chi connectivity index (χ0) is 13.3. The number of nitrogens with one attached hydrogen (secondary N) is 1. The molecule has 2 aliphatic rings. The van der Waals surface area contributed by atoms with Crippen molar-refractivity contribution in [1.29, 1.82) is 0 Å². The molecule has 2 aliphatic carbocycles. The van der Waals surface area contributed by atoms with Crippen LogP contribution in [0.3, 0.4) is 0 Å². The van der Waals surface area contributed by atoms with E-state index in [0.717, 1.165) is 19.3 Å². The third-order valence-corrected chi connectivity index (χ3v) is 3.77. The summed E-state index contributed by atoms with van der Waals surface area (Å²) in [4.78, 5) is 25.3. The van der Waals surface area contributed by atoms with Crippen molar-refractivity contribution < 1.29 is 14.7 Å². The Morgan fingerprint density at radius 2 is 2.00 bits per heavy atom. The summed E-state index contributed by atoms with van der Waals surface area (Å²) < 4.78 is 0. The molecular formula is C13H22N2O3. The Morgan fingerprint density at radius 3 is 2.33 bits per heavy atom. The second-order valence-corrected chi connectivity index (χ2v) is 5.95. The van der Waals surface area contributed by atoms with E-state index in [0.29, 0.717) is 31.3 Å². The average molecular weight is 254 g/mol. The molecule has 0 spiro atoms. The van der Waals surface area contributed by atoms with Crippen LogP contribution in [-0.4, -0.2) is 40.1 Å². The Kier molecular flexibility index (Phi) is 3.50. The monoisotopic (exact) mass is 254 g/mol. The number of urea groups is 1. The number of amides is 2. The molecule has 0 saturated heterocycles. The van der Waals surface area contributed by atoms with E-state index in [1.54, 1.807) is 0 Å². The van der Waals surface area contributed by atoms with Crippen LogP contribution in [0.25, 0.3) is 0 Å². The fraction of sp³-hybridized carbons (Fsp3) is 0.846. The number of carbonyl (C=O) groups excluding carboxylic acids is 1. The number of carbonyl (C=O) groups is 2. The summed E-state index contributed by atoms with van der Waals surface area (Å²) in [5, 5.41) is 12.0. The van der Waals surface area contributed by atoms with E-state index in [-0.39, 0.29) is 6.03 Å². The summed E-state index contributed by atoms with van der Waals surface area (Å²) >= 11 is 0. The molecule has 2 saturated carbocycles. The van der Waals surface area contributed by atoms with E-state index in [9.17, 15) is 14.7 Å². The first kappa shape index (κ1) is 13.2. The highest BCUT2D eigenvalue weighted by Crippen LogP contribution is 2.33. The van der Waals surface area contributed by atoms with Crippen molar-refractivity contribution in [3.8, 4) is 0 Å². The van der Waals surface area contributed by atoms with Gasteiger partial charge in [-0.2, -0.15) is 0 Å². The molecule has 0 bridgehead atoms. The number of carboxylic acid groups (broad SMARTS) is 1. The van der Waals surface area contributed by atoms with E-state index < -0.39 is 11.5 Å². The minimum atomic E-state index is -0.999. The van der Waals surface area contributed by atoms with Crippen LogP contribution in [-0.2, 0) is 4.79 Å². The highest BCUT2D eigenvalue weighted by atomic mass is 16.4. The molecule has 0 aliphatic heterocycles. The Hall–Kier alpha value is -1.26. The zero-order valence-electron chi connectivity index (χ0n) is 11.1. The van der Waals surface area contributed by atoms with Crippen molar-refractivity contribution in [3.63, 3.8) is 0 Å². The van der Waals surface area contributed by atoms with Crippen molar-refractivity contribution in [1.82, 2.24) is 10.2 Å². The molecule has 0 aromatic carbocycles. The van der Waals surface area contributed by atoms with Crippen LogP contribution in [0.4, 0.5) is 4.79 Å². The predicted octanol–water partition coefficient (Wildman–Crippen LogP) is 1.82. The van der Waals surface area contributed by atoms with Crippen LogP contribution in [0.2, 0.25) is 0 Å². The van der Waals surface area contributed by atoms with Gasteiger partial charge in [0, 0.05) is 12.6 Å². The van der Waals surface area contributed by atoms with Gasteiger partial charge in [-0.25, -0.2) is 9.59 Å². The van der Waals surface area contributed by atoms with Gasteiger partial charge in [-0.05, 0) is 38.0 Å². The van der Waals surface area contributed by atoms with E-state index in [2.05, 4.69) is 19.2 Å². The van der Waals surface area contributed by atoms with Gasteiger partial charge in [-0.1, -0.05) is 13.8 Å². The van der Waals surface area contributed by atoms with Crippen LogP contribution < -0.4 is 5.32 Å². The van der Waals surface area contributed by atoms with Gasteiger partial charge in [0.1, 0.15) is 5.54 Å². The number of hydrogen-bond acceptors (Lipinski definition) is 2. The Bertz CT molecular complexity index is 346. The van der Waals surface area contributed by atoms with Gasteiger partial charge < -0.3 is 15.3 Å². The molecule has 2 rings (SSSR count). The fourth-order valence-corrected chi connectivity index (χ4v) is 2.38. The minimum absolute atomic E-state index is 0.201. The standard InChI is InChI=1S/C13H22N2O3/c1-9(2)8-15(10-4-5-10)12(18)14-13(11(16)17)6-3-7-13/h9-10H,3-8H2,1-2H3,(H,14,18)(H,16,17). The first-order chi connectivity index (χ1) is 8.44. The third kappa shape index (κ3) is 2.60. The second kappa shape index (κ2) is 4.78. The summed E-state index contributed by atoms with van der Waals surface area (Å²) in [6, 6.07) is 0.117. The smallest absolute Gasteiger partial charge is 0.329 e. The summed E-state index contributed by atoms with van der Waals surface area (Å²) in [6.45, 7) is 4.84. The van der Waals surface area contributed by atoms with Crippen molar-refractivity contribution >= 4 is 12.0 Å². The maximum absolute atomic E-state index is 12.2. The van der Waals surface area contributed by atoms with E-state index >= 15 is 0 Å². The van der Waals surface area contributed by atoms with Crippen molar-refractivity contribution in [2.24, 2.45) is 5.92 Å². The highest BCUT2D eigenvalue weighted by Gasteiger charge is 2.47. The molecule has 2 fully saturated rings. The van der Waals surface area contributed by atoms with E-state index in [1.165, 1.54) is 0 Å². The zero-order valence-corrected chi connectivity index (χ0v) is 11.1. The van der Waals surface area contributed by atoms with Crippen LogP contribution in [0.15, 0.2) is 0 Å². The van der Waals surface area contributed by atoms with Gasteiger partial charge >= 0.3 is 12.0 Å². The maximum atomic E-state index is 12.2. The molecular weight excluding hydrogens is 232 g/mol. The van der Waals surface area contributed by atoms with Crippen LogP contribution in [0, 0.1) is 5.92 Å². The fourth-order valence-electron chi connectivity index (χ4n) is 2.38. The lowest BCUT2D eigenvalue weighted by atomic mass is 9.77. The lowest BCUT2D eigenvalue weighted by Crippen LogP contribution is -2.62. The highest BCUT2D eigenvalue weighted by molar-refractivity contribution is 5.87. The SMILES string of the molecule is CC(C)CN(C(=O)NC1(C(=O)O)CCC1)C1CC1. The van der Waals surface area contributed by atoms with E-state index in [4.69, 9.17) is 0 Å². The quantitative estimate of drug-likeness (QED) is 0.786. The third-order valence-electron chi connectivity index (χ3n) is 3.77. The van der Waals surface area contributed by atoms with Crippen LogP contribution in [0.1, 0.15) is 46.0 Å². The molecule has 0 unspecified atom stereocenters. The molecule has 2 amide bonds. The molecule has 0 radical (unpaired) electrons. The Labute approximate surface area is 108 Å². The van der Waals surface area contributed by atoms with Crippen molar-refractivity contribution in [2.45, 2.75) is 57.5 Å². The molecule has 0 heterocycles. The molecule has 0 aromatic rings. The molecule has 0 aromatic heterocycles. The lowest BCUT2D eigenvalue weighted by Gasteiger charge is -2.40. The Balaban J connectivity index is 1.98. The lowest BCUT2D eigenvalue weighted by molar-refractivity contribution is -0.148. The topological polar surface area (TPSA) is 69.6 Å². The molecule has 5 heteroatoms. The number of carboxylic acids is 1. The minimum Gasteiger partial charge on any atom is -0.480 e. The van der Waals surface area contributed by atoms with Gasteiger partial charge in [0.05, 0.1) is 0 Å². The van der Waals surface area contributed by atoms with Crippen molar-refractivity contribution in [3.05, 3.63) is 0 Å². The van der Waals surface area contributed by atoms with Gasteiger partial charge in [0.15, 0.2) is 0 Å². The molecule has 102 valence electrons. The molecule has 5 nitrogen and oxygen atoms in total. The largest absolute Gasteiger partial charge is 0.480 e. The van der Waals surface area contributed by atoms with Crippen LogP contribution >= 0.6 is 0 Å². The normalized spacial score (nSPS) is 21.3. The second-order valence-electron chi connectivity index (χ2n) is 5.95. The molecule has 0 atom stereocenters. The van der Waals surface area contributed by atoms with Gasteiger partial charge in [0.2, 0.25) is 0 Å². The van der Waals surface area contributed by atoms with Crippen LogP contribution in [0.5, 0.6) is 0 Å². The number of rotatable bonds is 5. The van der Waals surface area contributed by atoms with E-state index in [1.807, 2.05) is 4.90 Å². The Morgan fingerprint density at radius 1 is 1.39 bits per heavy atom. The number of hydrogen-bond donors (Lipinski definition) is 2. The molecule has 2 N–H and O–H groups in total. The summed E-state index contributed by atoms with van der Waals surface area (Å²) in [5.41, 5.74) is -0.999. The van der Waals surface area contributed by atoms with Gasteiger partial charge in [-0.15, -0.1) is 0 Å². The average Bonchev–Trinajstić information content (AvgIpc) is 3.02. The number of aliphatic carboxylic acids is 1.